The summed E-state index contributed by atoms with van der Waals surface area (Å²) >= 11 is 0. The van der Waals surface area contributed by atoms with Crippen LogP contribution >= 0.6 is 0 Å². The van der Waals surface area contributed by atoms with Gasteiger partial charge < -0.3 is 5.11 Å². The first kappa shape index (κ1) is 10.6. The zero-order valence-corrected chi connectivity index (χ0v) is 8.67. The van der Waals surface area contributed by atoms with Crippen LogP contribution in [-0.4, -0.2) is 5.11 Å². The molecule has 82 valence electrons. The van der Waals surface area contributed by atoms with Gasteiger partial charge in [-0.3, -0.25) is 0 Å². The van der Waals surface area contributed by atoms with E-state index in [0.29, 0.717) is 0 Å². The molecular formula is C13H10F2O. The molecule has 0 heterocycles. The minimum Gasteiger partial charge on any atom is -0.507 e. The lowest BCUT2D eigenvalue weighted by molar-refractivity contribution is 0.474. The minimum atomic E-state index is -0.507. The smallest absolute Gasteiger partial charge is 0.131 e. The van der Waals surface area contributed by atoms with Gasteiger partial charge in [-0.05, 0) is 36.8 Å². The molecule has 0 saturated carbocycles. The summed E-state index contributed by atoms with van der Waals surface area (Å²) in [6.07, 6.45) is 0. The molecule has 0 aliphatic rings. The summed E-state index contributed by atoms with van der Waals surface area (Å²) in [5, 5.41) is 9.55. The molecule has 0 aliphatic heterocycles. The molecule has 0 spiro atoms. The molecule has 0 bridgehead atoms. The molecule has 2 rings (SSSR count). The number of halogens is 2. The highest BCUT2D eigenvalue weighted by Crippen LogP contribution is 2.31. The third kappa shape index (κ3) is 1.89. The lowest BCUT2D eigenvalue weighted by Gasteiger charge is -2.06. The summed E-state index contributed by atoms with van der Waals surface area (Å²) in [6.45, 7) is 1.76. The number of hydrogen-bond donors (Lipinski definition) is 1. The fourth-order valence-corrected chi connectivity index (χ4v) is 1.56. The zero-order chi connectivity index (χ0) is 11.7. The molecule has 1 N–H and O–H groups in total. The molecular weight excluding hydrogens is 210 g/mol. The summed E-state index contributed by atoms with van der Waals surface area (Å²) in [4.78, 5) is 0. The first-order valence-corrected chi connectivity index (χ1v) is 4.83. The van der Waals surface area contributed by atoms with Crippen molar-refractivity contribution in [1.82, 2.24) is 0 Å². The van der Waals surface area contributed by atoms with Crippen LogP contribution in [0.15, 0.2) is 36.4 Å². The fraction of sp³-hybridized carbons (Fsp3) is 0.0769. The number of aryl methyl sites for hydroxylation is 1. The van der Waals surface area contributed by atoms with Crippen molar-refractivity contribution in [3.8, 4) is 16.9 Å². The summed E-state index contributed by atoms with van der Waals surface area (Å²) in [5.74, 6) is -1.11. The number of phenols is 1. The second kappa shape index (κ2) is 3.93. The Bertz CT molecular complexity index is 535. The highest BCUT2D eigenvalue weighted by molar-refractivity contribution is 5.70. The highest BCUT2D eigenvalue weighted by atomic mass is 19.1. The summed E-state index contributed by atoms with van der Waals surface area (Å²) in [7, 11) is 0. The van der Waals surface area contributed by atoms with E-state index >= 15 is 0 Å². The summed E-state index contributed by atoms with van der Waals surface area (Å²) in [6, 6.07) is 8.04. The van der Waals surface area contributed by atoms with E-state index in [4.69, 9.17) is 0 Å². The first-order chi connectivity index (χ1) is 7.58. The molecule has 0 atom stereocenters. The number of hydrogen-bond acceptors (Lipinski definition) is 1. The highest BCUT2D eigenvalue weighted by Gasteiger charge is 2.10. The van der Waals surface area contributed by atoms with E-state index < -0.39 is 11.6 Å². The Balaban J connectivity index is 2.62. The Labute approximate surface area is 92.0 Å². The normalized spacial score (nSPS) is 10.4. The van der Waals surface area contributed by atoms with Crippen LogP contribution in [0.2, 0.25) is 0 Å². The largest absolute Gasteiger partial charge is 0.507 e. The van der Waals surface area contributed by atoms with Gasteiger partial charge in [-0.1, -0.05) is 12.1 Å². The van der Waals surface area contributed by atoms with Gasteiger partial charge in [0.05, 0.1) is 0 Å². The molecule has 0 unspecified atom stereocenters. The van der Waals surface area contributed by atoms with Crippen LogP contribution in [0.5, 0.6) is 5.75 Å². The quantitative estimate of drug-likeness (QED) is 0.777. The van der Waals surface area contributed by atoms with Crippen molar-refractivity contribution in [1.29, 1.82) is 0 Å². The van der Waals surface area contributed by atoms with Crippen LogP contribution < -0.4 is 0 Å². The van der Waals surface area contributed by atoms with Crippen molar-refractivity contribution < 1.29 is 13.9 Å². The Morgan fingerprint density at radius 2 is 1.69 bits per heavy atom. The molecule has 2 aromatic carbocycles. The topological polar surface area (TPSA) is 20.2 Å². The van der Waals surface area contributed by atoms with Crippen molar-refractivity contribution in [2.75, 3.05) is 0 Å². The summed E-state index contributed by atoms with van der Waals surface area (Å²) in [5.41, 5.74) is 1.14. The zero-order valence-electron chi connectivity index (χ0n) is 8.67. The van der Waals surface area contributed by atoms with E-state index in [9.17, 15) is 13.9 Å². The standard InChI is InChI=1S/C13H10F2O/c1-8-2-4-10(12(15)6-8)11-7-9(14)3-5-13(11)16/h2-7,16H,1H3. The lowest BCUT2D eigenvalue weighted by Crippen LogP contribution is -1.87. The number of phenolic OH excluding ortho intramolecular Hbond substituents is 1. The van der Waals surface area contributed by atoms with E-state index in [0.717, 1.165) is 17.7 Å². The average molecular weight is 220 g/mol. The number of benzene rings is 2. The number of aromatic hydroxyl groups is 1. The van der Waals surface area contributed by atoms with Gasteiger partial charge in [0.25, 0.3) is 0 Å². The van der Waals surface area contributed by atoms with Crippen LogP contribution in [0, 0.1) is 18.6 Å². The molecule has 2 aromatic rings. The molecule has 0 saturated heterocycles. The van der Waals surface area contributed by atoms with Crippen LogP contribution in [0.1, 0.15) is 5.56 Å². The first-order valence-electron chi connectivity index (χ1n) is 4.83. The molecule has 3 heteroatoms. The molecule has 0 aliphatic carbocycles. The lowest BCUT2D eigenvalue weighted by atomic mass is 10.0. The van der Waals surface area contributed by atoms with E-state index in [1.54, 1.807) is 13.0 Å². The molecule has 0 radical (unpaired) electrons. The van der Waals surface area contributed by atoms with Crippen molar-refractivity contribution in [3.05, 3.63) is 53.6 Å². The SMILES string of the molecule is Cc1ccc(-c2cc(F)ccc2O)c(F)c1. The van der Waals surface area contributed by atoms with Crippen molar-refractivity contribution in [2.45, 2.75) is 6.92 Å². The van der Waals surface area contributed by atoms with Gasteiger partial charge >= 0.3 is 0 Å². The third-order valence-corrected chi connectivity index (χ3v) is 2.37. The van der Waals surface area contributed by atoms with Gasteiger partial charge in [0.2, 0.25) is 0 Å². The van der Waals surface area contributed by atoms with Gasteiger partial charge in [-0.2, -0.15) is 0 Å². The monoisotopic (exact) mass is 220 g/mol. The van der Waals surface area contributed by atoms with E-state index in [-0.39, 0.29) is 16.9 Å². The van der Waals surface area contributed by atoms with Crippen LogP contribution in [0.4, 0.5) is 8.78 Å². The average Bonchev–Trinajstić information content (AvgIpc) is 2.22. The summed E-state index contributed by atoms with van der Waals surface area (Å²) < 4.78 is 26.6. The Kier molecular flexibility index (Phi) is 2.60. The van der Waals surface area contributed by atoms with E-state index in [1.807, 2.05) is 0 Å². The minimum absolute atomic E-state index is 0.135. The molecule has 0 amide bonds. The van der Waals surface area contributed by atoms with Gasteiger partial charge in [-0.25, -0.2) is 8.78 Å². The van der Waals surface area contributed by atoms with Gasteiger partial charge in [0.15, 0.2) is 0 Å². The Morgan fingerprint density at radius 1 is 0.938 bits per heavy atom. The van der Waals surface area contributed by atoms with Gasteiger partial charge in [0.1, 0.15) is 17.4 Å². The molecule has 16 heavy (non-hydrogen) atoms. The van der Waals surface area contributed by atoms with Crippen molar-refractivity contribution in [2.24, 2.45) is 0 Å². The van der Waals surface area contributed by atoms with Gasteiger partial charge in [0, 0.05) is 11.1 Å². The maximum atomic E-state index is 13.6. The van der Waals surface area contributed by atoms with Crippen LogP contribution in [0.3, 0.4) is 0 Å². The van der Waals surface area contributed by atoms with E-state index in [1.165, 1.54) is 18.2 Å². The fourth-order valence-electron chi connectivity index (χ4n) is 1.56. The predicted octanol–water partition coefficient (Wildman–Crippen LogP) is 3.65. The maximum absolute atomic E-state index is 13.6. The van der Waals surface area contributed by atoms with Gasteiger partial charge in [-0.15, -0.1) is 0 Å². The van der Waals surface area contributed by atoms with Crippen molar-refractivity contribution >= 4 is 0 Å². The second-order valence-corrected chi connectivity index (χ2v) is 3.64. The van der Waals surface area contributed by atoms with Crippen LogP contribution in [0.25, 0.3) is 11.1 Å². The predicted molar refractivity (Wildman–Crippen MR) is 58.2 cm³/mol. The maximum Gasteiger partial charge on any atom is 0.131 e. The Morgan fingerprint density at radius 3 is 2.38 bits per heavy atom. The van der Waals surface area contributed by atoms with E-state index in [2.05, 4.69) is 0 Å². The molecule has 1 nitrogen and oxygen atoms in total. The van der Waals surface area contributed by atoms with Crippen LogP contribution in [-0.2, 0) is 0 Å². The number of rotatable bonds is 1. The Hall–Kier alpha value is -1.90. The second-order valence-electron chi connectivity index (χ2n) is 3.64. The molecule has 0 fully saturated rings. The van der Waals surface area contributed by atoms with Crippen molar-refractivity contribution in [3.63, 3.8) is 0 Å². The third-order valence-electron chi connectivity index (χ3n) is 2.37. The molecule has 0 aromatic heterocycles.